The van der Waals surface area contributed by atoms with E-state index in [0.29, 0.717) is 25.7 Å². The summed E-state index contributed by atoms with van der Waals surface area (Å²) in [4.78, 5) is 72.7. The van der Waals surface area contributed by atoms with Gasteiger partial charge in [0.15, 0.2) is 12.2 Å². The molecule has 0 radical (unpaired) electrons. The number of phosphoric ester groups is 2. The first-order valence-electron chi connectivity index (χ1n) is 37.8. The van der Waals surface area contributed by atoms with E-state index < -0.39 is 97.5 Å². The van der Waals surface area contributed by atoms with Crippen molar-refractivity contribution in [2.24, 2.45) is 23.7 Å². The van der Waals surface area contributed by atoms with Crippen LogP contribution in [0.25, 0.3) is 0 Å². The van der Waals surface area contributed by atoms with Crippen LogP contribution in [0.5, 0.6) is 0 Å². The van der Waals surface area contributed by atoms with Crippen molar-refractivity contribution in [1.29, 1.82) is 0 Å². The third-order valence-corrected chi connectivity index (χ3v) is 19.4. The topological polar surface area (TPSA) is 237 Å². The van der Waals surface area contributed by atoms with Crippen LogP contribution in [-0.4, -0.2) is 96.7 Å². The van der Waals surface area contributed by atoms with Gasteiger partial charge in [-0.3, -0.25) is 37.3 Å². The third-order valence-electron chi connectivity index (χ3n) is 17.5. The lowest BCUT2D eigenvalue weighted by Gasteiger charge is -2.21. The number of aliphatic hydroxyl groups is 1. The first kappa shape index (κ1) is 90.1. The van der Waals surface area contributed by atoms with Gasteiger partial charge < -0.3 is 33.8 Å². The molecule has 0 fully saturated rings. The summed E-state index contributed by atoms with van der Waals surface area (Å²) in [5.74, 6) is 0.921. The van der Waals surface area contributed by atoms with Crippen molar-refractivity contribution in [2.75, 3.05) is 39.6 Å². The Morgan fingerprint density at radius 1 is 0.304 bits per heavy atom. The predicted octanol–water partition coefficient (Wildman–Crippen LogP) is 20.9. The Labute approximate surface area is 562 Å². The summed E-state index contributed by atoms with van der Waals surface area (Å²) in [5.41, 5.74) is 0. The number of carbonyl (C=O) groups is 4. The second-order valence-electron chi connectivity index (χ2n) is 27.8. The molecular formula is C73H142O17P2. The summed E-state index contributed by atoms with van der Waals surface area (Å²) in [6, 6.07) is 0. The second kappa shape index (κ2) is 62.6. The minimum Gasteiger partial charge on any atom is -0.462 e. The molecule has 0 aromatic heterocycles. The minimum atomic E-state index is -4.96. The van der Waals surface area contributed by atoms with Crippen molar-refractivity contribution in [3.8, 4) is 0 Å². The smallest absolute Gasteiger partial charge is 0.462 e. The molecule has 0 bridgehead atoms. The maximum absolute atomic E-state index is 13.1. The van der Waals surface area contributed by atoms with E-state index in [9.17, 15) is 43.2 Å². The van der Waals surface area contributed by atoms with Gasteiger partial charge in [-0.2, -0.15) is 0 Å². The van der Waals surface area contributed by atoms with Crippen LogP contribution < -0.4 is 0 Å². The Morgan fingerprint density at radius 2 is 0.522 bits per heavy atom. The summed E-state index contributed by atoms with van der Waals surface area (Å²) >= 11 is 0. The van der Waals surface area contributed by atoms with E-state index in [1.54, 1.807) is 0 Å². The number of aliphatic hydroxyl groups excluding tert-OH is 1. The number of phosphoric acid groups is 2. The van der Waals surface area contributed by atoms with E-state index >= 15 is 0 Å². The molecule has 7 atom stereocenters. The highest BCUT2D eigenvalue weighted by molar-refractivity contribution is 7.47. The highest BCUT2D eigenvalue weighted by atomic mass is 31.2. The van der Waals surface area contributed by atoms with E-state index in [1.165, 1.54) is 167 Å². The van der Waals surface area contributed by atoms with Crippen molar-refractivity contribution in [2.45, 2.75) is 382 Å². The van der Waals surface area contributed by atoms with Crippen molar-refractivity contribution in [1.82, 2.24) is 0 Å². The summed E-state index contributed by atoms with van der Waals surface area (Å²) in [5, 5.41) is 10.6. The van der Waals surface area contributed by atoms with Crippen molar-refractivity contribution in [3.05, 3.63) is 0 Å². The van der Waals surface area contributed by atoms with Gasteiger partial charge in [0.2, 0.25) is 0 Å². The van der Waals surface area contributed by atoms with Crippen molar-refractivity contribution in [3.63, 3.8) is 0 Å². The predicted molar refractivity (Wildman–Crippen MR) is 372 cm³/mol. The zero-order valence-corrected chi connectivity index (χ0v) is 62.0. The molecule has 17 nitrogen and oxygen atoms in total. The second-order valence-corrected chi connectivity index (χ2v) is 30.7. The Hall–Kier alpha value is -1.94. The Bertz CT molecular complexity index is 1820. The van der Waals surface area contributed by atoms with Crippen LogP contribution in [0.4, 0.5) is 0 Å². The quantitative estimate of drug-likeness (QED) is 0.0222. The van der Waals surface area contributed by atoms with Gasteiger partial charge in [-0.15, -0.1) is 0 Å². The highest BCUT2D eigenvalue weighted by Crippen LogP contribution is 2.45. The molecule has 0 aliphatic heterocycles. The molecule has 0 amide bonds. The molecule has 0 aliphatic carbocycles. The standard InChI is InChI=1S/C73H142O17P2/c1-9-65(7)51-43-35-27-20-17-18-22-30-39-47-55-72(77)89-68(59-83-70(75)53-45-37-28-21-16-14-12-11-13-15-19-25-33-41-49-63(3)4)61-87-91(79,80)85-57-67(74)58-86-92(81,82)88-62-69(90-73(78)56-48-40-32-31-36-44-52-66(8)10-2)60-84-71(76)54-46-38-29-24-23-26-34-42-50-64(5)6/h63-69,74H,9-62H2,1-8H3,(H,79,80)(H,81,82)/t65?,66?,67?,68-,69-/m1/s1. The molecule has 92 heavy (non-hydrogen) atoms. The Kier molecular flexibility index (Phi) is 61.3. The molecule has 0 spiro atoms. The molecule has 0 heterocycles. The maximum atomic E-state index is 13.1. The van der Waals surface area contributed by atoms with Crippen LogP contribution in [-0.2, 0) is 65.4 Å². The molecule has 0 saturated carbocycles. The van der Waals surface area contributed by atoms with Gasteiger partial charge in [-0.25, -0.2) is 9.13 Å². The van der Waals surface area contributed by atoms with Gasteiger partial charge in [-0.05, 0) is 49.4 Å². The van der Waals surface area contributed by atoms with Crippen LogP contribution in [0.2, 0.25) is 0 Å². The molecule has 3 N–H and O–H groups in total. The Balaban J connectivity index is 5.24. The fourth-order valence-electron chi connectivity index (χ4n) is 11.0. The van der Waals surface area contributed by atoms with E-state index in [0.717, 1.165) is 114 Å². The van der Waals surface area contributed by atoms with Crippen molar-refractivity contribution >= 4 is 39.5 Å². The van der Waals surface area contributed by atoms with Crippen LogP contribution in [0.1, 0.15) is 364 Å². The fraction of sp³-hybridized carbons (Fsp3) is 0.945. The van der Waals surface area contributed by atoms with Crippen LogP contribution in [0.15, 0.2) is 0 Å². The van der Waals surface area contributed by atoms with Gasteiger partial charge in [0.05, 0.1) is 26.4 Å². The van der Waals surface area contributed by atoms with E-state index in [2.05, 4.69) is 55.4 Å². The molecule has 0 saturated heterocycles. The lowest BCUT2D eigenvalue weighted by molar-refractivity contribution is -0.161. The van der Waals surface area contributed by atoms with E-state index in [-0.39, 0.29) is 25.7 Å². The number of hydrogen-bond donors (Lipinski definition) is 3. The van der Waals surface area contributed by atoms with Gasteiger partial charge in [0.1, 0.15) is 19.3 Å². The fourth-order valence-corrected chi connectivity index (χ4v) is 12.5. The van der Waals surface area contributed by atoms with Gasteiger partial charge in [-0.1, -0.05) is 312 Å². The van der Waals surface area contributed by atoms with Crippen molar-refractivity contribution < 1.29 is 80.2 Å². The zero-order chi connectivity index (χ0) is 68.2. The number of rotatable bonds is 70. The summed E-state index contributed by atoms with van der Waals surface area (Å²) in [6.07, 6.45) is 45.8. The van der Waals surface area contributed by atoms with Gasteiger partial charge in [0, 0.05) is 25.7 Å². The molecule has 0 aromatic rings. The number of hydrogen-bond acceptors (Lipinski definition) is 15. The van der Waals surface area contributed by atoms with Crippen LogP contribution in [0, 0.1) is 23.7 Å². The summed E-state index contributed by atoms with van der Waals surface area (Å²) < 4.78 is 68.4. The van der Waals surface area contributed by atoms with Crippen LogP contribution in [0.3, 0.4) is 0 Å². The summed E-state index contributed by atoms with van der Waals surface area (Å²) in [7, 11) is -9.91. The lowest BCUT2D eigenvalue weighted by Crippen LogP contribution is -2.30. The first-order valence-corrected chi connectivity index (χ1v) is 40.8. The normalized spacial score (nSPS) is 14.8. The number of esters is 4. The minimum absolute atomic E-state index is 0.102. The summed E-state index contributed by atoms with van der Waals surface area (Å²) in [6.45, 7) is 14.1. The largest absolute Gasteiger partial charge is 0.472 e. The molecular weight excluding hydrogens is 1210 g/mol. The number of ether oxygens (including phenoxy) is 4. The van der Waals surface area contributed by atoms with Gasteiger partial charge in [0.25, 0.3) is 0 Å². The zero-order valence-electron chi connectivity index (χ0n) is 60.2. The SMILES string of the molecule is CCC(C)CCCCCCCCCCCCC(=O)O[C@H](COC(=O)CCCCCCCCCCCCCCCCC(C)C)COP(=O)(O)OCC(O)COP(=O)(O)OC[C@@H](COC(=O)CCCCCCCCCCC(C)C)OC(=O)CCCCCCCCC(C)CC. The maximum Gasteiger partial charge on any atom is 0.472 e. The van der Waals surface area contributed by atoms with Gasteiger partial charge >= 0.3 is 39.5 Å². The molecule has 0 aromatic carbocycles. The number of unbranched alkanes of at least 4 members (excludes halogenated alkanes) is 34. The van der Waals surface area contributed by atoms with E-state index in [4.69, 9.17) is 37.0 Å². The molecule has 546 valence electrons. The highest BCUT2D eigenvalue weighted by Gasteiger charge is 2.30. The first-order chi connectivity index (χ1) is 44.2. The molecule has 0 aliphatic rings. The van der Waals surface area contributed by atoms with Crippen LogP contribution >= 0.6 is 15.6 Å². The molecule has 19 heteroatoms. The molecule has 5 unspecified atom stereocenters. The Morgan fingerprint density at radius 3 is 0.772 bits per heavy atom. The third kappa shape index (κ3) is 64.1. The lowest BCUT2D eigenvalue weighted by atomic mass is 9.99. The average Bonchev–Trinajstić information content (AvgIpc) is 2.79. The number of carbonyl (C=O) groups excluding carboxylic acids is 4. The van der Waals surface area contributed by atoms with E-state index in [1.807, 2.05) is 0 Å². The monoisotopic (exact) mass is 1350 g/mol. The average molecular weight is 1350 g/mol. The molecule has 0 rings (SSSR count).